The molecular weight excluding hydrogens is 316 g/mol. The summed E-state index contributed by atoms with van der Waals surface area (Å²) in [6.45, 7) is 4.45. The molecule has 6 nitrogen and oxygen atoms in total. The predicted octanol–water partition coefficient (Wildman–Crippen LogP) is 1.95. The molecule has 0 spiro atoms. The maximum Gasteiger partial charge on any atom is 0.220 e. The Morgan fingerprint density at radius 1 is 1.40 bits per heavy atom. The smallest absolute Gasteiger partial charge is 0.220 e. The van der Waals surface area contributed by atoms with Crippen LogP contribution in [-0.2, 0) is 24.3 Å². The number of amides is 1. The van der Waals surface area contributed by atoms with Gasteiger partial charge in [0.15, 0.2) is 0 Å². The Kier molecular flexibility index (Phi) is 4.44. The summed E-state index contributed by atoms with van der Waals surface area (Å²) in [6, 6.07) is 6.57. The third-order valence-corrected chi connectivity index (χ3v) is 5.06. The second kappa shape index (κ2) is 6.88. The van der Waals surface area contributed by atoms with Crippen molar-refractivity contribution >= 4 is 5.91 Å². The van der Waals surface area contributed by atoms with Gasteiger partial charge >= 0.3 is 0 Å². The molecule has 2 N–H and O–H groups in total. The van der Waals surface area contributed by atoms with Crippen LogP contribution in [0.15, 0.2) is 30.6 Å². The molecule has 0 radical (unpaired) electrons. The molecule has 2 aromatic rings. The molecule has 1 fully saturated rings. The van der Waals surface area contributed by atoms with Gasteiger partial charge in [-0.15, -0.1) is 0 Å². The maximum atomic E-state index is 11.9. The number of carbonyl (C=O) groups excluding carboxylic acids is 1. The number of aryl methyl sites for hydroxylation is 1. The predicted molar refractivity (Wildman–Crippen MR) is 94.3 cm³/mol. The van der Waals surface area contributed by atoms with Crippen molar-refractivity contribution in [1.29, 1.82) is 0 Å². The number of piperidine rings is 1. The number of nitrogens with one attached hydrogen (secondary N) is 2. The largest absolute Gasteiger partial charge is 0.493 e. The van der Waals surface area contributed by atoms with Crippen LogP contribution >= 0.6 is 0 Å². The van der Waals surface area contributed by atoms with Crippen LogP contribution in [0.25, 0.3) is 0 Å². The van der Waals surface area contributed by atoms with Crippen LogP contribution < -0.4 is 15.4 Å². The molecule has 0 saturated carbocycles. The van der Waals surface area contributed by atoms with Crippen molar-refractivity contribution in [1.82, 2.24) is 20.4 Å². The van der Waals surface area contributed by atoms with Crippen LogP contribution in [0, 0.1) is 0 Å². The minimum Gasteiger partial charge on any atom is -0.493 e. The number of hydrogen-bond acceptors (Lipinski definition) is 4. The van der Waals surface area contributed by atoms with Crippen molar-refractivity contribution in [2.45, 2.75) is 51.4 Å². The highest BCUT2D eigenvalue weighted by Gasteiger charge is 2.30. The van der Waals surface area contributed by atoms with Gasteiger partial charge in [0.05, 0.1) is 18.8 Å². The Balaban J connectivity index is 1.46. The van der Waals surface area contributed by atoms with Gasteiger partial charge in [0.1, 0.15) is 5.75 Å². The van der Waals surface area contributed by atoms with E-state index in [2.05, 4.69) is 40.9 Å². The van der Waals surface area contributed by atoms with E-state index in [0.717, 1.165) is 43.9 Å². The number of ether oxygens (including phenoxy) is 1. The Morgan fingerprint density at radius 3 is 3.16 bits per heavy atom. The van der Waals surface area contributed by atoms with E-state index in [1.807, 2.05) is 17.1 Å². The molecule has 1 saturated heterocycles. The topological polar surface area (TPSA) is 68.2 Å². The fourth-order valence-electron chi connectivity index (χ4n) is 3.65. The van der Waals surface area contributed by atoms with Crippen molar-refractivity contribution in [2.24, 2.45) is 0 Å². The lowest BCUT2D eigenvalue weighted by molar-refractivity contribution is -0.123. The molecule has 6 heteroatoms. The van der Waals surface area contributed by atoms with Gasteiger partial charge in [0, 0.05) is 43.7 Å². The van der Waals surface area contributed by atoms with Gasteiger partial charge in [-0.25, -0.2) is 0 Å². The first kappa shape index (κ1) is 16.1. The van der Waals surface area contributed by atoms with Gasteiger partial charge in [0.25, 0.3) is 0 Å². The molecule has 4 rings (SSSR count). The highest BCUT2D eigenvalue weighted by Crippen LogP contribution is 2.27. The third kappa shape index (κ3) is 3.39. The molecule has 25 heavy (non-hydrogen) atoms. The Morgan fingerprint density at radius 2 is 2.32 bits per heavy atom. The summed E-state index contributed by atoms with van der Waals surface area (Å²) in [6.07, 6.45) is 6.27. The number of nitrogens with zero attached hydrogens (tertiary/aromatic N) is 2. The first-order valence-corrected chi connectivity index (χ1v) is 9.02. The quantitative estimate of drug-likeness (QED) is 0.873. The summed E-state index contributed by atoms with van der Waals surface area (Å²) in [5.74, 6) is 1.13. The first-order chi connectivity index (χ1) is 12.2. The van der Waals surface area contributed by atoms with Gasteiger partial charge in [-0.2, -0.15) is 5.10 Å². The average molecular weight is 340 g/mol. The molecule has 2 aliphatic rings. The zero-order valence-corrected chi connectivity index (χ0v) is 14.5. The van der Waals surface area contributed by atoms with Crippen molar-refractivity contribution in [3.05, 3.63) is 47.3 Å². The number of benzene rings is 1. The second-order valence-corrected chi connectivity index (χ2v) is 6.74. The Bertz CT molecular complexity index is 771. The van der Waals surface area contributed by atoms with Crippen LogP contribution in [0.5, 0.6) is 5.75 Å². The molecule has 1 aromatic heterocycles. The lowest BCUT2D eigenvalue weighted by Gasteiger charge is -2.32. The van der Waals surface area contributed by atoms with Crippen LogP contribution in [-0.4, -0.2) is 28.3 Å². The zero-order valence-electron chi connectivity index (χ0n) is 14.5. The summed E-state index contributed by atoms with van der Waals surface area (Å²) in [4.78, 5) is 11.9. The summed E-state index contributed by atoms with van der Waals surface area (Å²) < 4.78 is 7.47. The normalized spacial score (nSPS) is 22.4. The maximum absolute atomic E-state index is 11.9. The van der Waals surface area contributed by atoms with E-state index < -0.39 is 0 Å². The molecule has 0 unspecified atom stereocenters. The fourth-order valence-corrected chi connectivity index (χ4v) is 3.65. The number of fused-ring (bicyclic) bond motifs is 1. The van der Waals surface area contributed by atoms with Gasteiger partial charge in [0.2, 0.25) is 5.91 Å². The monoisotopic (exact) mass is 340 g/mol. The lowest BCUT2D eigenvalue weighted by atomic mass is 9.93. The minimum atomic E-state index is -0.0284. The van der Waals surface area contributed by atoms with E-state index in [-0.39, 0.29) is 18.0 Å². The second-order valence-electron chi connectivity index (χ2n) is 6.74. The Hall–Kier alpha value is -2.34. The van der Waals surface area contributed by atoms with E-state index >= 15 is 0 Å². The van der Waals surface area contributed by atoms with E-state index in [9.17, 15) is 4.79 Å². The summed E-state index contributed by atoms with van der Waals surface area (Å²) in [5, 5.41) is 11.1. The molecule has 1 amide bonds. The van der Waals surface area contributed by atoms with Gasteiger partial charge < -0.3 is 15.4 Å². The minimum absolute atomic E-state index is 0.0284. The third-order valence-electron chi connectivity index (χ3n) is 5.06. The van der Waals surface area contributed by atoms with Crippen molar-refractivity contribution in [2.75, 3.05) is 6.61 Å². The van der Waals surface area contributed by atoms with Gasteiger partial charge in [-0.1, -0.05) is 12.1 Å². The summed E-state index contributed by atoms with van der Waals surface area (Å²) in [5.41, 5.74) is 3.61. The number of aromatic nitrogens is 2. The van der Waals surface area contributed by atoms with Crippen LogP contribution in [0.2, 0.25) is 0 Å². The number of hydrogen-bond donors (Lipinski definition) is 2. The molecule has 2 atom stereocenters. The van der Waals surface area contributed by atoms with E-state index in [0.29, 0.717) is 6.42 Å². The highest BCUT2D eigenvalue weighted by atomic mass is 16.5. The first-order valence-electron chi connectivity index (χ1n) is 9.02. The number of carbonyl (C=O) groups is 1. The molecule has 0 bridgehead atoms. The van der Waals surface area contributed by atoms with E-state index in [4.69, 9.17) is 4.74 Å². The average Bonchev–Trinajstić information content (AvgIpc) is 3.29. The van der Waals surface area contributed by atoms with Gasteiger partial charge in [-0.05, 0) is 30.5 Å². The molecular formula is C19H24N4O2. The molecule has 1 aromatic carbocycles. The van der Waals surface area contributed by atoms with Crippen LogP contribution in [0.3, 0.4) is 0 Å². The zero-order chi connectivity index (χ0) is 17.2. The lowest BCUT2D eigenvalue weighted by Crippen LogP contribution is -2.48. The summed E-state index contributed by atoms with van der Waals surface area (Å²) in [7, 11) is 0. The molecule has 3 heterocycles. The van der Waals surface area contributed by atoms with Crippen molar-refractivity contribution in [3.8, 4) is 5.75 Å². The van der Waals surface area contributed by atoms with E-state index in [1.54, 1.807) is 0 Å². The van der Waals surface area contributed by atoms with Crippen molar-refractivity contribution in [3.63, 3.8) is 0 Å². The van der Waals surface area contributed by atoms with E-state index in [1.165, 1.54) is 11.1 Å². The molecule has 0 aliphatic carbocycles. The van der Waals surface area contributed by atoms with Gasteiger partial charge in [-0.3, -0.25) is 9.48 Å². The fraction of sp³-hybridized carbons (Fsp3) is 0.474. The SMILES string of the molecule is CCn1cc([C@@H]2NC(=O)CC[C@H]2NCc2ccc3c(c2)CCO3)cn1. The standard InChI is InChI=1S/C19H24N4O2/c1-2-23-12-15(11-21-23)19-16(4-6-18(24)22-19)20-10-13-3-5-17-14(9-13)7-8-25-17/h3,5,9,11-12,16,19-20H,2,4,6-8,10H2,1H3,(H,22,24)/t16-,19+/m1/s1. The summed E-state index contributed by atoms with van der Waals surface area (Å²) >= 11 is 0. The number of rotatable bonds is 5. The molecule has 132 valence electrons. The Labute approximate surface area is 147 Å². The van der Waals surface area contributed by atoms with Crippen molar-refractivity contribution < 1.29 is 9.53 Å². The molecule has 2 aliphatic heterocycles. The highest BCUT2D eigenvalue weighted by molar-refractivity contribution is 5.77. The van der Waals surface area contributed by atoms with Crippen LogP contribution in [0.1, 0.15) is 42.5 Å². The van der Waals surface area contributed by atoms with Crippen LogP contribution in [0.4, 0.5) is 0 Å².